The molecule has 0 fully saturated rings. The molecule has 0 aliphatic carbocycles. The molecule has 0 aromatic carbocycles. The fourth-order valence-corrected chi connectivity index (χ4v) is 0.766. The van der Waals surface area contributed by atoms with E-state index in [1.807, 2.05) is 0 Å². The number of oxazole rings is 1. The van der Waals surface area contributed by atoms with Crippen LogP contribution in [0.2, 0.25) is 0 Å². The van der Waals surface area contributed by atoms with Crippen molar-refractivity contribution in [1.82, 2.24) is 4.98 Å². The Kier molecular flexibility index (Phi) is 2.38. The van der Waals surface area contributed by atoms with Crippen LogP contribution in [0.3, 0.4) is 0 Å². The van der Waals surface area contributed by atoms with Crippen LogP contribution in [-0.2, 0) is 4.74 Å². The van der Waals surface area contributed by atoms with E-state index in [1.165, 1.54) is 13.5 Å². The molecule has 0 atom stereocenters. The molecule has 1 aromatic heterocycles. The predicted molar refractivity (Wildman–Crippen MR) is 37.4 cm³/mol. The number of aryl methyl sites for hydroxylation is 1. The first-order chi connectivity index (χ1) is 5.25. The molecule has 0 amide bonds. The molecule has 0 aliphatic rings. The highest BCUT2D eigenvalue weighted by Gasteiger charge is 2.12. The minimum atomic E-state index is -0.178. The molecule has 0 saturated carbocycles. The molecule has 0 radical (unpaired) electrons. The number of ketones is 1. The lowest BCUT2D eigenvalue weighted by Gasteiger charge is -1.93. The van der Waals surface area contributed by atoms with Gasteiger partial charge in [-0.05, 0) is 6.92 Å². The Morgan fingerprint density at radius 3 is 3.00 bits per heavy atom. The van der Waals surface area contributed by atoms with E-state index in [1.54, 1.807) is 6.92 Å². The first kappa shape index (κ1) is 7.94. The van der Waals surface area contributed by atoms with Crippen molar-refractivity contribution in [2.24, 2.45) is 0 Å². The summed E-state index contributed by atoms with van der Waals surface area (Å²) in [5, 5.41) is 0. The summed E-state index contributed by atoms with van der Waals surface area (Å²) < 4.78 is 9.48. The first-order valence-electron chi connectivity index (χ1n) is 3.18. The lowest BCUT2D eigenvalue weighted by Crippen LogP contribution is -2.07. The van der Waals surface area contributed by atoms with E-state index in [0.29, 0.717) is 5.69 Å². The number of carbonyl (C=O) groups excluding carboxylic acids is 1. The highest BCUT2D eigenvalue weighted by molar-refractivity contribution is 5.95. The summed E-state index contributed by atoms with van der Waals surface area (Å²) in [4.78, 5) is 14.8. The molecule has 1 heterocycles. The number of nitrogens with zero attached hydrogens (tertiary/aromatic N) is 1. The maximum absolute atomic E-state index is 11.1. The average molecular weight is 155 g/mol. The molecule has 0 saturated heterocycles. The molecule has 4 heteroatoms. The van der Waals surface area contributed by atoms with E-state index >= 15 is 0 Å². The molecule has 0 unspecified atom stereocenters. The van der Waals surface area contributed by atoms with Crippen molar-refractivity contribution in [3.63, 3.8) is 0 Å². The standard InChI is InChI=1S/C7H9NO3/c1-5-7(11-4-8-5)6(9)3-10-2/h4H,3H2,1-2H3. The van der Waals surface area contributed by atoms with Crippen LogP contribution >= 0.6 is 0 Å². The first-order valence-corrected chi connectivity index (χ1v) is 3.18. The second-order valence-electron chi connectivity index (χ2n) is 2.12. The number of ether oxygens (including phenoxy) is 1. The van der Waals surface area contributed by atoms with E-state index in [4.69, 9.17) is 4.42 Å². The summed E-state index contributed by atoms with van der Waals surface area (Å²) in [6.45, 7) is 1.75. The molecule has 0 spiro atoms. The summed E-state index contributed by atoms with van der Waals surface area (Å²) >= 11 is 0. The van der Waals surface area contributed by atoms with Crippen LogP contribution in [0.15, 0.2) is 10.8 Å². The molecule has 0 N–H and O–H groups in total. The molecule has 60 valence electrons. The van der Waals surface area contributed by atoms with Gasteiger partial charge >= 0.3 is 0 Å². The zero-order valence-electron chi connectivity index (χ0n) is 6.46. The van der Waals surface area contributed by atoms with Crippen molar-refractivity contribution in [1.29, 1.82) is 0 Å². The van der Waals surface area contributed by atoms with Gasteiger partial charge < -0.3 is 9.15 Å². The van der Waals surface area contributed by atoms with E-state index in [-0.39, 0.29) is 18.2 Å². The summed E-state index contributed by atoms with van der Waals surface area (Å²) in [7, 11) is 1.46. The number of hydrogen-bond donors (Lipinski definition) is 0. The average Bonchev–Trinajstić information content (AvgIpc) is 2.36. The number of Topliss-reactive ketones (excluding diaryl/α,β-unsaturated/α-hetero) is 1. The second kappa shape index (κ2) is 3.30. The molecular formula is C7H9NO3. The highest BCUT2D eigenvalue weighted by Crippen LogP contribution is 2.05. The van der Waals surface area contributed by atoms with Crippen molar-refractivity contribution in [3.05, 3.63) is 17.8 Å². The molecular weight excluding hydrogens is 146 g/mol. The van der Waals surface area contributed by atoms with Crippen LogP contribution in [0.25, 0.3) is 0 Å². The Balaban J connectivity index is 2.76. The van der Waals surface area contributed by atoms with Crippen molar-refractivity contribution in [2.45, 2.75) is 6.92 Å². The number of hydrogen-bond acceptors (Lipinski definition) is 4. The predicted octanol–water partition coefficient (Wildman–Crippen LogP) is 0.812. The summed E-state index contributed by atoms with van der Waals surface area (Å²) in [5.41, 5.74) is 0.604. The molecule has 0 aliphatic heterocycles. The summed E-state index contributed by atoms with van der Waals surface area (Å²) in [6.07, 6.45) is 1.25. The summed E-state index contributed by atoms with van der Waals surface area (Å²) in [6, 6.07) is 0. The zero-order chi connectivity index (χ0) is 8.27. The molecule has 0 bridgehead atoms. The van der Waals surface area contributed by atoms with Gasteiger partial charge in [-0.25, -0.2) is 4.98 Å². The van der Waals surface area contributed by atoms with E-state index < -0.39 is 0 Å². The number of carbonyl (C=O) groups is 1. The SMILES string of the molecule is COCC(=O)c1ocnc1C. The number of rotatable bonds is 3. The Hall–Kier alpha value is -1.16. The van der Waals surface area contributed by atoms with Gasteiger partial charge in [-0.15, -0.1) is 0 Å². The van der Waals surface area contributed by atoms with Crippen LogP contribution < -0.4 is 0 Å². The normalized spacial score (nSPS) is 10.0. The Bertz CT molecular complexity index is 254. The van der Waals surface area contributed by atoms with Crippen molar-refractivity contribution < 1.29 is 13.9 Å². The van der Waals surface area contributed by atoms with Crippen molar-refractivity contribution in [3.8, 4) is 0 Å². The molecule has 1 aromatic rings. The molecule has 4 nitrogen and oxygen atoms in total. The van der Waals surface area contributed by atoms with Crippen molar-refractivity contribution >= 4 is 5.78 Å². The number of aromatic nitrogens is 1. The quantitative estimate of drug-likeness (QED) is 0.606. The fraction of sp³-hybridized carbons (Fsp3) is 0.429. The molecule has 11 heavy (non-hydrogen) atoms. The highest BCUT2D eigenvalue weighted by atomic mass is 16.5. The van der Waals surface area contributed by atoms with Crippen LogP contribution in [0.5, 0.6) is 0 Å². The van der Waals surface area contributed by atoms with E-state index in [9.17, 15) is 4.79 Å². The van der Waals surface area contributed by atoms with Gasteiger partial charge in [0.05, 0.1) is 5.69 Å². The van der Waals surface area contributed by atoms with Gasteiger partial charge in [0.2, 0.25) is 5.78 Å². The number of methoxy groups -OCH3 is 1. The van der Waals surface area contributed by atoms with Gasteiger partial charge in [0.25, 0.3) is 0 Å². The van der Waals surface area contributed by atoms with Crippen LogP contribution in [0.1, 0.15) is 16.2 Å². The summed E-state index contributed by atoms with van der Waals surface area (Å²) in [5.74, 6) is 0.106. The van der Waals surface area contributed by atoms with Crippen LogP contribution in [-0.4, -0.2) is 24.5 Å². The Morgan fingerprint density at radius 2 is 2.55 bits per heavy atom. The third kappa shape index (κ3) is 1.65. The minimum Gasteiger partial charge on any atom is -0.440 e. The largest absolute Gasteiger partial charge is 0.440 e. The third-order valence-corrected chi connectivity index (χ3v) is 1.27. The molecule has 1 rings (SSSR count). The lowest BCUT2D eigenvalue weighted by molar-refractivity contribution is 0.0819. The fourth-order valence-electron chi connectivity index (χ4n) is 0.766. The van der Waals surface area contributed by atoms with Gasteiger partial charge in [0.15, 0.2) is 12.2 Å². The van der Waals surface area contributed by atoms with Crippen molar-refractivity contribution in [2.75, 3.05) is 13.7 Å². The van der Waals surface area contributed by atoms with Crippen LogP contribution in [0.4, 0.5) is 0 Å². The maximum atomic E-state index is 11.1. The Morgan fingerprint density at radius 1 is 1.82 bits per heavy atom. The van der Waals surface area contributed by atoms with Gasteiger partial charge in [-0.1, -0.05) is 0 Å². The van der Waals surface area contributed by atoms with E-state index in [0.717, 1.165) is 0 Å². The van der Waals surface area contributed by atoms with Gasteiger partial charge in [0.1, 0.15) is 6.61 Å². The van der Waals surface area contributed by atoms with Gasteiger partial charge in [-0.3, -0.25) is 4.79 Å². The van der Waals surface area contributed by atoms with Gasteiger partial charge in [-0.2, -0.15) is 0 Å². The lowest BCUT2D eigenvalue weighted by atomic mass is 10.3. The second-order valence-corrected chi connectivity index (χ2v) is 2.12. The Labute approximate surface area is 64.2 Å². The topological polar surface area (TPSA) is 52.3 Å². The maximum Gasteiger partial charge on any atom is 0.225 e. The third-order valence-electron chi connectivity index (χ3n) is 1.27. The van der Waals surface area contributed by atoms with Gasteiger partial charge in [0, 0.05) is 7.11 Å². The minimum absolute atomic E-state index is 0.0377. The van der Waals surface area contributed by atoms with Crippen LogP contribution in [0, 0.1) is 6.92 Å². The van der Waals surface area contributed by atoms with E-state index in [2.05, 4.69) is 9.72 Å². The zero-order valence-corrected chi connectivity index (χ0v) is 6.46. The monoisotopic (exact) mass is 155 g/mol. The smallest absolute Gasteiger partial charge is 0.225 e.